The van der Waals surface area contributed by atoms with Crippen molar-refractivity contribution in [3.8, 4) is 0 Å². The summed E-state index contributed by atoms with van der Waals surface area (Å²) in [6, 6.07) is 14.1. The number of nitro benzene ring substituents is 1. The van der Waals surface area contributed by atoms with Crippen LogP contribution >= 0.6 is 0 Å². The normalized spacial score (nSPS) is 16.2. The van der Waals surface area contributed by atoms with Crippen LogP contribution < -0.4 is 5.32 Å². The zero-order valence-corrected chi connectivity index (χ0v) is 14.0. The fraction of sp³-hybridized carbons (Fsp3) is 0.316. The molecule has 1 aliphatic heterocycles. The van der Waals surface area contributed by atoms with Gasteiger partial charge < -0.3 is 10.1 Å². The maximum atomic E-state index is 12.8. The van der Waals surface area contributed by atoms with Gasteiger partial charge in [0.25, 0.3) is 5.69 Å². The number of benzene rings is 2. The fourth-order valence-electron chi connectivity index (χ4n) is 3.22. The number of aryl methyl sites for hydroxylation is 1. The minimum atomic E-state index is -0.762. The Hall–Kier alpha value is -2.73. The van der Waals surface area contributed by atoms with Crippen LogP contribution in [0.4, 0.5) is 5.69 Å². The molecular formula is C19H20N2O4. The summed E-state index contributed by atoms with van der Waals surface area (Å²) in [5.74, 6) is -0.655. The molecule has 0 amide bonds. The molecule has 2 aromatic rings. The molecule has 0 spiro atoms. The van der Waals surface area contributed by atoms with E-state index in [1.807, 2.05) is 30.3 Å². The smallest absolute Gasteiger partial charge is 0.346 e. The largest absolute Gasteiger partial charge is 0.450 e. The Labute approximate surface area is 146 Å². The van der Waals surface area contributed by atoms with Gasteiger partial charge in [0.05, 0.1) is 4.92 Å². The van der Waals surface area contributed by atoms with Crippen molar-refractivity contribution in [1.82, 2.24) is 5.32 Å². The first-order chi connectivity index (χ1) is 12.0. The maximum absolute atomic E-state index is 12.8. The van der Waals surface area contributed by atoms with Gasteiger partial charge >= 0.3 is 5.97 Å². The topological polar surface area (TPSA) is 81.5 Å². The number of rotatable bonds is 4. The molecule has 0 radical (unpaired) electrons. The van der Waals surface area contributed by atoms with E-state index in [0.29, 0.717) is 12.8 Å². The lowest BCUT2D eigenvalue weighted by Gasteiger charge is -2.37. The van der Waals surface area contributed by atoms with Crippen LogP contribution in [0.2, 0.25) is 0 Å². The number of nitrogens with zero attached hydrogens (tertiary/aromatic N) is 1. The van der Waals surface area contributed by atoms with Crippen LogP contribution in [0.15, 0.2) is 48.5 Å². The first-order valence-electron chi connectivity index (χ1n) is 8.26. The van der Waals surface area contributed by atoms with Gasteiger partial charge in [-0.1, -0.05) is 36.4 Å². The molecule has 1 aliphatic rings. The first-order valence-corrected chi connectivity index (χ1v) is 8.26. The van der Waals surface area contributed by atoms with E-state index in [1.165, 1.54) is 12.1 Å². The minimum absolute atomic E-state index is 0.00978. The van der Waals surface area contributed by atoms with Gasteiger partial charge in [-0.05, 0) is 37.2 Å². The molecule has 0 aliphatic carbocycles. The molecule has 1 saturated heterocycles. The predicted molar refractivity (Wildman–Crippen MR) is 93.5 cm³/mol. The molecule has 0 aromatic heterocycles. The highest BCUT2D eigenvalue weighted by molar-refractivity contribution is 5.94. The second-order valence-electron chi connectivity index (χ2n) is 6.28. The molecule has 1 N–H and O–H groups in total. The van der Waals surface area contributed by atoms with E-state index in [2.05, 4.69) is 5.32 Å². The number of hydrogen-bond acceptors (Lipinski definition) is 5. The number of nitrogens with one attached hydrogen (secondary N) is 1. The van der Waals surface area contributed by atoms with Crippen molar-refractivity contribution in [3.05, 3.63) is 75.3 Å². The van der Waals surface area contributed by atoms with Gasteiger partial charge in [-0.15, -0.1) is 0 Å². The number of ether oxygens (including phenoxy) is 1. The molecule has 0 saturated carbocycles. The average molecular weight is 340 g/mol. The molecule has 6 heteroatoms. The Kier molecular flexibility index (Phi) is 4.81. The third-order valence-electron chi connectivity index (χ3n) is 4.57. The van der Waals surface area contributed by atoms with Crippen molar-refractivity contribution in [3.63, 3.8) is 0 Å². The van der Waals surface area contributed by atoms with Gasteiger partial charge in [0.15, 0.2) is 0 Å². The Balaban J connectivity index is 1.96. The lowest BCUT2D eigenvalue weighted by molar-refractivity contribution is -0.385. The zero-order valence-electron chi connectivity index (χ0n) is 14.0. The number of hydrogen-bond donors (Lipinski definition) is 1. The summed E-state index contributed by atoms with van der Waals surface area (Å²) >= 11 is 0. The minimum Gasteiger partial charge on any atom is -0.450 e. The average Bonchev–Trinajstić information content (AvgIpc) is 2.63. The summed E-state index contributed by atoms with van der Waals surface area (Å²) in [5, 5.41) is 14.6. The van der Waals surface area contributed by atoms with E-state index in [4.69, 9.17) is 4.74 Å². The van der Waals surface area contributed by atoms with Gasteiger partial charge in [0.2, 0.25) is 0 Å². The Morgan fingerprint density at radius 2 is 1.84 bits per heavy atom. The lowest BCUT2D eigenvalue weighted by atomic mass is 9.84. The van der Waals surface area contributed by atoms with Crippen molar-refractivity contribution in [2.45, 2.75) is 25.4 Å². The fourth-order valence-corrected chi connectivity index (χ4v) is 3.22. The Morgan fingerprint density at radius 1 is 1.16 bits per heavy atom. The second-order valence-corrected chi connectivity index (χ2v) is 6.28. The van der Waals surface area contributed by atoms with Crippen LogP contribution in [0.3, 0.4) is 0 Å². The van der Waals surface area contributed by atoms with E-state index in [-0.39, 0.29) is 11.3 Å². The van der Waals surface area contributed by atoms with Gasteiger partial charge in [-0.3, -0.25) is 10.1 Å². The van der Waals surface area contributed by atoms with Crippen LogP contribution in [-0.4, -0.2) is 24.0 Å². The maximum Gasteiger partial charge on any atom is 0.346 e. The van der Waals surface area contributed by atoms with E-state index in [9.17, 15) is 14.9 Å². The van der Waals surface area contributed by atoms with Crippen molar-refractivity contribution >= 4 is 11.7 Å². The molecule has 130 valence electrons. The summed E-state index contributed by atoms with van der Waals surface area (Å²) < 4.78 is 5.90. The number of carbonyl (C=O) groups is 1. The molecule has 3 rings (SSSR count). The van der Waals surface area contributed by atoms with E-state index < -0.39 is 16.5 Å². The molecular weight excluding hydrogens is 320 g/mol. The standard InChI is InChI=1S/C19H20N2O4/c1-14-7-8-16(17(13-14)21(23)24)18(22)25-19(9-11-20-12-10-19)15-5-3-2-4-6-15/h2-8,13,20H,9-12H2,1H3. The molecule has 6 nitrogen and oxygen atoms in total. The second kappa shape index (κ2) is 7.03. The Morgan fingerprint density at radius 3 is 2.48 bits per heavy atom. The number of nitro groups is 1. The highest BCUT2D eigenvalue weighted by Crippen LogP contribution is 2.36. The zero-order chi connectivity index (χ0) is 17.9. The SMILES string of the molecule is Cc1ccc(C(=O)OC2(c3ccccc3)CCNCC2)c([N+](=O)[O-])c1. The van der Waals surface area contributed by atoms with Gasteiger partial charge in [0.1, 0.15) is 11.2 Å². The quantitative estimate of drug-likeness (QED) is 0.524. The first kappa shape index (κ1) is 17.1. The highest BCUT2D eigenvalue weighted by atomic mass is 16.6. The lowest BCUT2D eigenvalue weighted by Crippen LogP contribution is -2.43. The molecule has 0 unspecified atom stereocenters. The van der Waals surface area contributed by atoms with Crippen LogP contribution in [0.25, 0.3) is 0 Å². The van der Waals surface area contributed by atoms with Gasteiger partial charge in [0, 0.05) is 18.9 Å². The monoisotopic (exact) mass is 340 g/mol. The number of piperidine rings is 1. The molecule has 2 aromatic carbocycles. The van der Waals surface area contributed by atoms with Crippen molar-refractivity contribution in [1.29, 1.82) is 0 Å². The van der Waals surface area contributed by atoms with Crippen molar-refractivity contribution in [2.75, 3.05) is 13.1 Å². The highest BCUT2D eigenvalue weighted by Gasteiger charge is 2.39. The van der Waals surface area contributed by atoms with Crippen molar-refractivity contribution in [2.24, 2.45) is 0 Å². The third-order valence-corrected chi connectivity index (χ3v) is 4.57. The van der Waals surface area contributed by atoms with Crippen LogP contribution in [0.1, 0.15) is 34.3 Å². The van der Waals surface area contributed by atoms with Gasteiger partial charge in [-0.2, -0.15) is 0 Å². The predicted octanol–water partition coefficient (Wildman–Crippen LogP) is 3.34. The summed E-state index contributed by atoms with van der Waals surface area (Å²) in [7, 11) is 0. The van der Waals surface area contributed by atoms with Crippen molar-refractivity contribution < 1.29 is 14.5 Å². The molecule has 0 bridgehead atoms. The number of esters is 1. The summed E-state index contributed by atoms with van der Waals surface area (Å²) in [6.45, 7) is 3.19. The molecule has 25 heavy (non-hydrogen) atoms. The molecule has 1 fully saturated rings. The number of carbonyl (C=O) groups excluding carboxylic acids is 1. The summed E-state index contributed by atoms with van der Waals surface area (Å²) in [6.07, 6.45) is 1.25. The van der Waals surface area contributed by atoms with Gasteiger partial charge in [-0.25, -0.2) is 4.79 Å². The third kappa shape index (κ3) is 3.53. The molecule has 0 atom stereocenters. The van der Waals surface area contributed by atoms with Crippen LogP contribution in [0.5, 0.6) is 0 Å². The van der Waals surface area contributed by atoms with Crippen LogP contribution in [0, 0.1) is 17.0 Å². The van der Waals surface area contributed by atoms with E-state index in [0.717, 1.165) is 24.2 Å². The van der Waals surface area contributed by atoms with Crippen LogP contribution in [-0.2, 0) is 10.3 Å². The van der Waals surface area contributed by atoms with E-state index in [1.54, 1.807) is 13.0 Å². The summed E-state index contributed by atoms with van der Waals surface area (Å²) in [5.41, 5.74) is 0.650. The molecule has 1 heterocycles. The van der Waals surface area contributed by atoms with E-state index >= 15 is 0 Å². The Bertz CT molecular complexity index is 783. The summed E-state index contributed by atoms with van der Waals surface area (Å²) in [4.78, 5) is 23.5.